The van der Waals surface area contributed by atoms with Crippen molar-refractivity contribution in [1.82, 2.24) is 4.90 Å². The molecule has 0 atom stereocenters. The molecule has 1 aliphatic rings. The molecule has 1 aromatic carbocycles. The molecule has 92 valence electrons. The van der Waals surface area contributed by atoms with E-state index in [0.717, 1.165) is 18.7 Å². The summed E-state index contributed by atoms with van der Waals surface area (Å²) >= 11 is 0. The summed E-state index contributed by atoms with van der Waals surface area (Å²) in [7, 11) is 4.03. The third kappa shape index (κ3) is 2.86. The van der Waals surface area contributed by atoms with Crippen LogP contribution < -0.4 is 0 Å². The molecular formula is C14H20N2O. The predicted octanol–water partition coefficient (Wildman–Crippen LogP) is 2.15. The van der Waals surface area contributed by atoms with E-state index in [9.17, 15) is 5.11 Å². The molecular weight excluding hydrogens is 212 g/mol. The number of hydrogen-bond acceptors (Lipinski definition) is 3. The zero-order valence-electron chi connectivity index (χ0n) is 10.6. The fourth-order valence-electron chi connectivity index (χ4n) is 2.46. The Morgan fingerprint density at radius 3 is 2.35 bits per heavy atom. The van der Waals surface area contributed by atoms with Crippen molar-refractivity contribution in [3.8, 4) is 5.75 Å². The molecule has 3 heteroatoms. The Labute approximate surface area is 103 Å². The van der Waals surface area contributed by atoms with Crippen molar-refractivity contribution in [1.29, 1.82) is 0 Å². The van der Waals surface area contributed by atoms with Crippen LogP contribution in [0.3, 0.4) is 0 Å². The van der Waals surface area contributed by atoms with Gasteiger partial charge in [0.1, 0.15) is 5.75 Å². The van der Waals surface area contributed by atoms with Gasteiger partial charge in [-0.15, -0.1) is 0 Å². The van der Waals surface area contributed by atoms with E-state index in [2.05, 4.69) is 16.9 Å². The molecule has 0 unspecified atom stereocenters. The number of rotatable bonds is 2. The molecule has 0 radical (unpaired) electrons. The molecule has 0 aromatic heterocycles. The van der Waals surface area contributed by atoms with E-state index in [-0.39, 0.29) is 0 Å². The van der Waals surface area contributed by atoms with Crippen molar-refractivity contribution < 1.29 is 5.11 Å². The summed E-state index contributed by atoms with van der Waals surface area (Å²) in [5, 5.41) is 9.31. The van der Waals surface area contributed by atoms with Gasteiger partial charge in [0.05, 0.1) is 0 Å². The minimum Gasteiger partial charge on any atom is -0.508 e. The van der Waals surface area contributed by atoms with Gasteiger partial charge in [0.15, 0.2) is 0 Å². The van der Waals surface area contributed by atoms with Gasteiger partial charge in [0.2, 0.25) is 0 Å². The highest BCUT2D eigenvalue weighted by atomic mass is 16.3. The van der Waals surface area contributed by atoms with Crippen LogP contribution in [0.1, 0.15) is 18.4 Å². The highest BCUT2D eigenvalue weighted by Gasteiger charge is 2.22. The van der Waals surface area contributed by atoms with E-state index >= 15 is 0 Å². The molecule has 1 aliphatic heterocycles. The molecule has 0 spiro atoms. The van der Waals surface area contributed by atoms with Crippen LogP contribution in [0.25, 0.3) is 0 Å². The van der Waals surface area contributed by atoms with Gasteiger partial charge in [-0.25, -0.2) is 0 Å². The Morgan fingerprint density at radius 1 is 1.24 bits per heavy atom. The van der Waals surface area contributed by atoms with Gasteiger partial charge in [-0.1, -0.05) is 0 Å². The van der Waals surface area contributed by atoms with Gasteiger partial charge in [0.25, 0.3) is 0 Å². The first kappa shape index (κ1) is 12.1. The fourth-order valence-corrected chi connectivity index (χ4v) is 2.46. The monoisotopic (exact) mass is 232 g/mol. The zero-order chi connectivity index (χ0) is 12.3. The first-order valence-electron chi connectivity index (χ1n) is 6.15. The standard InChI is InChI=1S/C14H20N2O/c1-15-14(11-3-5-13(17)6-4-11)12-7-9-16(2)10-8-12/h3-6,12,17H,7-10H2,1-2H3. The minimum atomic E-state index is 0.313. The van der Waals surface area contributed by atoms with Crippen molar-refractivity contribution in [2.24, 2.45) is 10.9 Å². The van der Waals surface area contributed by atoms with Gasteiger partial charge in [-0.2, -0.15) is 0 Å². The fraction of sp³-hybridized carbons (Fsp3) is 0.500. The molecule has 3 nitrogen and oxygen atoms in total. The number of likely N-dealkylation sites (tertiary alicyclic amines) is 1. The molecule has 0 amide bonds. The molecule has 1 heterocycles. The Balaban J connectivity index is 2.14. The van der Waals surface area contributed by atoms with Crippen LogP contribution in [0.2, 0.25) is 0 Å². The van der Waals surface area contributed by atoms with E-state index in [1.165, 1.54) is 18.6 Å². The number of phenols is 1. The lowest BCUT2D eigenvalue weighted by Gasteiger charge is -2.29. The number of aliphatic imine (C=N–C) groups is 1. The van der Waals surface area contributed by atoms with Crippen molar-refractivity contribution in [2.75, 3.05) is 27.2 Å². The number of hydrogen-bond donors (Lipinski definition) is 1. The van der Waals surface area contributed by atoms with E-state index in [4.69, 9.17) is 0 Å². The molecule has 1 fully saturated rings. The third-order valence-electron chi connectivity index (χ3n) is 3.51. The average Bonchev–Trinajstić information content (AvgIpc) is 2.35. The van der Waals surface area contributed by atoms with Gasteiger partial charge >= 0.3 is 0 Å². The van der Waals surface area contributed by atoms with Gasteiger partial charge in [-0.05, 0) is 62.8 Å². The lowest BCUT2D eigenvalue weighted by Crippen LogP contribution is -2.33. The molecule has 0 aliphatic carbocycles. The Kier molecular flexibility index (Phi) is 3.79. The van der Waals surface area contributed by atoms with Crippen LogP contribution >= 0.6 is 0 Å². The maximum atomic E-state index is 9.31. The summed E-state index contributed by atoms with van der Waals surface area (Å²) in [6.07, 6.45) is 2.34. The Hall–Kier alpha value is -1.35. The minimum absolute atomic E-state index is 0.313. The van der Waals surface area contributed by atoms with Gasteiger partial charge in [0, 0.05) is 18.7 Å². The highest BCUT2D eigenvalue weighted by molar-refractivity contribution is 6.02. The molecule has 1 aromatic rings. The second-order valence-electron chi connectivity index (χ2n) is 4.73. The number of piperidine rings is 1. The summed E-state index contributed by atoms with van der Waals surface area (Å²) in [6.45, 7) is 2.28. The Morgan fingerprint density at radius 2 is 1.82 bits per heavy atom. The molecule has 0 bridgehead atoms. The smallest absolute Gasteiger partial charge is 0.115 e. The van der Waals surface area contributed by atoms with Gasteiger partial charge < -0.3 is 10.0 Å². The Bertz CT molecular complexity index is 389. The van der Waals surface area contributed by atoms with Crippen molar-refractivity contribution in [3.63, 3.8) is 0 Å². The van der Waals surface area contributed by atoms with E-state index in [1.807, 2.05) is 19.2 Å². The van der Waals surface area contributed by atoms with Gasteiger partial charge in [-0.3, -0.25) is 4.99 Å². The van der Waals surface area contributed by atoms with Crippen LogP contribution in [-0.4, -0.2) is 42.9 Å². The second-order valence-corrected chi connectivity index (χ2v) is 4.73. The molecule has 1 saturated heterocycles. The van der Waals surface area contributed by atoms with Crippen molar-refractivity contribution in [3.05, 3.63) is 29.8 Å². The number of benzene rings is 1. The summed E-state index contributed by atoms with van der Waals surface area (Å²) in [6, 6.07) is 7.37. The lowest BCUT2D eigenvalue weighted by atomic mass is 9.88. The maximum Gasteiger partial charge on any atom is 0.115 e. The van der Waals surface area contributed by atoms with Crippen LogP contribution in [0.5, 0.6) is 5.75 Å². The third-order valence-corrected chi connectivity index (χ3v) is 3.51. The summed E-state index contributed by atoms with van der Waals surface area (Å²) in [5.74, 6) is 0.869. The molecule has 0 saturated carbocycles. The van der Waals surface area contributed by atoms with E-state index < -0.39 is 0 Å². The largest absolute Gasteiger partial charge is 0.508 e. The zero-order valence-corrected chi connectivity index (χ0v) is 10.6. The summed E-state index contributed by atoms with van der Waals surface area (Å²) in [5.41, 5.74) is 2.32. The van der Waals surface area contributed by atoms with Crippen LogP contribution in [0.15, 0.2) is 29.3 Å². The predicted molar refractivity (Wildman–Crippen MR) is 70.8 cm³/mol. The highest BCUT2D eigenvalue weighted by Crippen LogP contribution is 2.22. The molecule has 2 rings (SSSR count). The van der Waals surface area contributed by atoms with Crippen molar-refractivity contribution in [2.45, 2.75) is 12.8 Å². The van der Waals surface area contributed by atoms with E-state index in [1.54, 1.807) is 12.1 Å². The quantitative estimate of drug-likeness (QED) is 0.793. The summed E-state index contributed by atoms with van der Waals surface area (Å²) in [4.78, 5) is 6.81. The topological polar surface area (TPSA) is 35.8 Å². The number of nitrogens with zero attached hydrogens (tertiary/aromatic N) is 2. The lowest BCUT2D eigenvalue weighted by molar-refractivity contribution is 0.252. The first-order chi connectivity index (χ1) is 8.20. The van der Waals surface area contributed by atoms with E-state index in [0.29, 0.717) is 11.7 Å². The van der Waals surface area contributed by atoms with Crippen LogP contribution in [0, 0.1) is 5.92 Å². The van der Waals surface area contributed by atoms with Crippen LogP contribution in [0.4, 0.5) is 0 Å². The first-order valence-corrected chi connectivity index (χ1v) is 6.15. The average molecular weight is 232 g/mol. The molecule has 17 heavy (non-hydrogen) atoms. The SMILES string of the molecule is CN=C(c1ccc(O)cc1)C1CCN(C)CC1. The number of phenolic OH excluding ortho intramolecular Hbond substituents is 1. The van der Waals surface area contributed by atoms with Crippen LogP contribution in [-0.2, 0) is 0 Å². The number of aromatic hydroxyl groups is 1. The van der Waals surface area contributed by atoms with Crippen molar-refractivity contribution >= 4 is 5.71 Å². The normalized spacial score (nSPS) is 19.5. The second kappa shape index (κ2) is 5.32. The molecule has 1 N–H and O–H groups in total. The summed E-state index contributed by atoms with van der Waals surface area (Å²) < 4.78 is 0. The maximum absolute atomic E-state index is 9.31.